The average molecular weight is 450 g/mol. The molecule has 0 aliphatic heterocycles. The van der Waals surface area contributed by atoms with E-state index in [9.17, 15) is 14.4 Å². The summed E-state index contributed by atoms with van der Waals surface area (Å²) in [6, 6.07) is 6.27. The highest BCUT2D eigenvalue weighted by atomic mass is 32.9. The molecule has 1 rings (SSSR count). The van der Waals surface area contributed by atoms with Crippen LogP contribution in [0.15, 0.2) is 24.3 Å². The molecule has 0 saturated carbocycles. The largest absolute Gasteiger partial charge is 0.478 e. The van der Waals surface area contributed by atoms with E-state index in [1.807, 2.05) is 0 Å². The van der Waals surface area contributed by atoms with E-state index < -0.39 is 28.9 Å². The molecule has 0 aliphatic carbocycles. The van der Waals surface area contributed by atoms with E-state index in [0.717, 1.165) is 16.9 Å². The van der Waals surface area contributed by atoms with Gasteiger partial charge in [0.25, 0.3) is 0 Å². The van der Waals surface area contributed by atoms with Crippen molar-refractivity contribution in [2.45, 2.75) is 25.0 Å². The average Bonchev–Trinajstić information content (AvgIpc) is 2.68. The van der Waals surface area contributed by atoms with Gasteiger partial charge < -0.3 is 23.6 Å². The fourth-order valence-electron chi connectivity index (χ4n) is 2.02. The molecule has 0 aromatic heterocycles. The summed E-state index contributed by atoms with van der Waals surface area (Å²) in [5.41, 5.74) is -1.76. The van der Waals surface area contributed by atoms with E-state index in [-0.39, 0.29) is 25.2 Å². The summed E-state index contributed by atoms with van der Waals surface area (Å²) in [4.78, 5) is 35.1. The third kappa shape index (κ3) is 8.28. The predicted molar refractivity (Wildman–Crippen MR) is 109 cm³/mol. The molecule has 1 aromatic carbocycles. The first kappa shape index (κ1) is 24.6. The lowest BCUT2D eigenvalue weighted by Crippen LogP contribution is -2.25. The van der Waals surface area contributed by atoms with Crippen LogP contribution in [0.1, 0.15) is 29.3 Å². The second-order valence-corrected chi connectivity index (χ2v) is 11.9. The van der Waals surface area contributed by atoms with Crippen LogP contribution in [-0.2, 0) is 46.3 Å². The minimum Gasteiger partial charge on any atom is -0.478 e. The standard InChI is InChI=1S/C17H23O8PS2/c1-4-24-17(21)14(28-26(27,22-2)23-3)11-15(18)25-10-9-12-5-7-13(8-6-12)16(19)20/h5-8,14H,4,9-11H2,1-3H3,(H,19,20). The van der Waals surface area contributed by atoms with E-state index in [2.05, 4.69) is 0 Å². The van der Waals surface area contributed by atoms with Crippen molar-refractivity contribution in [3.8, 4) is 0 Å². The van der Waals surface area contributed by atoms with E-state index in [0.29, 0.717) is 6.42 Å². The van der Waals surface area contributed by atoms with Crippen LogP contribution in [0.2, 0.25) is 0 Å². The van der Waals surface area contributed by atoms with Crippen molar-refractivity contribution < 1.29 is 38.0 Å². The van der Waals surface area contributed by atoms with E-state index >= 15 is 0 Å². The van der Waals surface area contributed by atoms with Gasteiger partial charge in [0.05, 0.1) is 25.2 Å². The molecule has 0 amide bonds. The molecule has 11 heteroatoms. The van der Waals surface area contributed by atoms with Crippen molar-refractivity contribution in [3.05, 3.63) is 35.4 Å². The number of esters is 2. The number of carbonyl (C=O) groups is 3. The SMILES string of the molecule is CCOC(=O)C(CC(=O)OCCc1ccc(C(=O)O)cc1)SP(=S)(OC)OC. The van der Waals surface area contributed by atoms with Gasteiger partial charge in [-0.2, -0.15) is 0 Å². The molecule has 28 heavy (non-hydrogen) atoms. The minimum absolute atomic E-state index is 0.0914. The van der Waals surface area contributed by atoms with Crippen molar-refractivity contribution in [2.24, 2.45) is 0 Å². The summed E-state index contributed by atoms with van der Waals surface area (Å²) in [7, 11) is 2.76. The van der Waals surface area contributed by atoms with Crippen LogP contribution in [0.5, 0.6) is 0 Å². The number of aromatic carboxylic acids is 1. The number of hydrogen-bond acceptors (Lipinski definition) is 9. The van der Waals surface area contributed by atoms with Crippen molar-refractivity contribution in [2.75, 3.05) is 27.4 Å². The molecule has 0 spiro atoms. The molecule has 1 aromatic rings. The Balaban J connectivity index is 2.60. The molecule has 0 heterocycles. The zero-order valence-corrected chi connectivity index (χ0v) is 18.3. The van der Waals surface area contributed by atoms with Crippen LogP contribution in [0.25, 0.3) is 0 Å². The molecule has 0 aliphatic rings. The number of carboxylic acids is 1. The van der Waals surface area contributed by atoms with Crippen LogP contribution < -0.4 is 0 Å². The lowest BCUT2D eigenvalue weighted by Gasteiger charge is -2.21. The Morgan fingerprint density at radius 3 is 2.25 bits per heavy atom. The van der Waals surface area contributed by atoms with Crippen LogP contribution in [0.3, 0.4) is 0 Å². The van der Waals surface area contributed by atoms with Crippen molar-refractivity contribution in [1.29, 1.82) is 0 Å². The van der Waals surface area contributed by atoms with Gasteiger partial charge in [-0.25, -0.2) is 4.79 Å². The highest BCUT2D eigenvalue weighted by Gasteiger charge is 2.32. The summed E-state index contributed by atoms with van der Waals surface area (Å²) in [5.74, 6) is -2.17. The number of carboxylic acid groups (broad SMARTS) is 1. The predicted octanol–water partition coefficient (Wildman–Crippen LogP) is 3.04. The molecule has 0 fully saturated rings. The highest BCUT2D eigenvalue weighted by molar-refractivity contribution is 8.68. The molecule has 156 valence electrons. The van der Waals surface area contributed by atoms with Gasteiger partial charge >= 0.3 is 17.9 Å². The second kappa shape index (κ2) is 12.2. The number of benzene rings is 1. The Labute approximate surface area is 172 Å². The van der Waals surface area contributed by atoms with Crippen LogP contribution in [-0.4, -0.2) is 55.7 Å². The van der Waals surface area contributed by atoms with Gasteiger partial charge in [0, 0.05) is 20.6 Å². The fourth-order valence-corrected chi connectivity index (χ4v) is 5.89. The Bertz CT molecular complexity index is 714. The third-order valence-corrected chi connectivity index (χ3v) is 9.33. The van der Waals surface area contributed by atoms with E-state index in [4.69, 9.17) is 35.4 Å². The third-order valence-electron chi connectivity index (χ3n) is 3.46. The molecule has 0 bridgehead atoms. The maximum atomic E-state index is 12.1. The zero-order chi connectivity index (χ0) is 21.2. The molecule has 1 N–H and O–H groups in total. The van der Waals surface area contributed by atoms with Crippen LogP contribution in [0, 0.1) is 0 Å². The van der Waals surface area contributed by atoms with Gasteiger partial charge in [0.2, 0.25) is 5.69 Å². The van der Waals surface area contributed by atoms with Crippen molar-refractivity contribution in [1.82, 2.24) is 0 Å². The maximum Gasteiger partial charge on any atom is 0.335 e. The normalized spacial score (nSPS) is 12.2. The summed E-state index contributed by atoms with van der Waals surface area (Å²) >= 11 is 6.20. The van der Waals surface area contributed by atoms with Gasteiger partial charge in [-0.1, -0.05) is 23.5 Å². The molecular formula is C17H23O8PS2. The van der Waals surface area contributed by atoms with E-state index in [1.165, 1.54) is 26.4 Å². The number of rotatable bonds is 12. The molecular weight excluding hydrogens is 427 g/mol. The molecule has 1 atom stereocenters. The summed E-state index contributed by atoms with van der Waals surface area (Å²) in [6.07, 6.45) is 0.184. The first-order valence-electron chi connectivity index (χ1n) is 8.29. The lowest BCUT2D eigenvalue weighted by atomic mass is 10.1. The Morgan fingerprint density at radius 1 is 1.14 bits per heavy atom. The van der Waals surface area contributed by atoms with Crippen LogP contribution in [0.4, 0.5) is 0 Å². The van der Waals surface area contributed by atoms with E-state index in [1.54, 1.807) is 19.1 Å². The minimum atomic E-state index is -2.76. The van der Waals surface area contributed by atoms with Gasteiger partial charge in [-0.3, -0.25) is 9.59 Å². The van der Waals surface area contributed by atoms with Gasteiger partial charge in [0.1, 0.15) is 5.25 Å². The van der Waals surface area contributed by atoms with Crippen LogP contribution >= 0.6 is 17.1 Å². The summed E-state index contributed by atoms with van der Waals surface area (Å²) in [6.45, 7) is 1.92. The monoisotopic (exact) mass is 450 g/mol. The molecule has 0 radical (unpaired) electrons. The number of ether oxygens (including phenoxy) is 2. The highest BCUT2D eigenvalue weighted by Crippen LogP contribution is 2.62. The fraction of sp³-hybridized carbons (Fsp3) is 0.471. The lowest BCUT2D eigenvalue weighted by molar-refractivity contribution is -0.149. The summed E-state index contributed by atoms with van der Waals surface area (Å²) < 4.78 is 20.5. The first-order valence-corrected chi connectivity index (χ1v) is 12.4. The number of hydrogen-bond donors (Lipinski definition) is 1. The smallest absolute Gasteiger partial charge is 0.335 e. The second-order valence-electron chi connectivity index (χ2n) is 5.34. The van der Waals surface area contributed by atoms with Crippen molar-refractivity contribution >= 4 is 46.8 Å². The number of carbonyl (C=O) groups excluding carboxylic acids is 2. The summed E-state index contributed by atoms with van der Waals surface area (Å²) in [5, 5.41) is 7.98. The Hall–Kier alpha value is -1.45. The maximum absolute atomic E-state index is 12.1. The first-order chi connectivity index (χ1) is 13.2. The molecule has 0 saturated heterocycles. The van der Waals surface area contributed by atoms with Gasteiger partial charge in [0.15, 0.2) is 0 Å². The molecule has 8 nitrogen and oxygen atoms in total. The van der Waals surface area contributed by atoms with Crippen molar-refractivity contribution in [3.63, 3.8) is 0 Å². The molecule has 1 unspecified atom stereocenters. The quantitative estimate of drug-likeness (QED) is 0.377. The Morgan fingerprint density at radius 2 is 1.75 bits per heavy atom. The van der Waals surface area contributed by atoms with Gasteiger partial charge in [-0.05, 0) is 36.4 Å². The zero-order valence-electron chi connectivity index (χ0n) is 15.8. The van der Waals surface area contributed by atoms with Gasteiger partial charge in [-0.15, -0.1) is 0 Å². The topological polar surface area (TPSA) is 108 Å². The Kier molecular flexibility index (Phi) is 10.7.